The maximum absolute atomic E-state index is 8.77. The van der Waals surface area contributed by atoms with Gasteiger partial charge in [-0.2, -0.15) is 0 Å². The summed E-state index contributed by atoms with van der Waals surface area (Å²) in [5.41, 5.74) is 2.08. The highest BCUT2D eigenvalue weighted by molar-refractivity contribution is 5.65. The minimum Gasteiger partial charge on any atom is -0.416 e. The van der Waals surface area contributed by atoms with E-state index in [9.17, 15) is 0 Å². The third kappa shape index (κ3) is 2.44. The first-order valence-corrected chi connectivity index (χ1v) is 6.05. The van der Waals surface area contributed by atoms with Gasteiger partial charge in [-0.25, -0.2) is 0 Å². The van der Waals surface area contributed by atoms with Crippen LogP contribution in [0, 0.1) is 10.8 Å². The first-order valence-electron chi connectivity index (χ1n) is 6.05. The largest absolute Gasteiger partial charge is 0.416 e. The summed E-state index contributed by atoms with van der Waals surface area (Å²) in [6.45, 7) is 0. The lowest BCUT2D eigenvalue weighted by Crippen LogP contribution is -1.77. The summed E-state index contributed by atoms with van der Waals surface area (Å²) >= 11 is 0. The molecule has 0 spiro atoms. The van der Waals surface area contributed by atoms with Gasteiger partial charge in [-0.15, -0.1) is 10.2 Å². The van der Waals surface area contributed by atoms with Crippen LogP contribution in [0.15, 0.2) is 52.9 Å². The standard InChI is InChI=1S/C14H8N6O/c15-17-11-5-1-3-9(7-11)13-19-20-14(21-13)10-4-2-6-12(8-10)18-16/h1-8H/q+2. The van der Waals surface area contributed by atoms with Gasteiger partial charge < -0.3 is 4.42 Å². The van der Waals surface area contributed by atoms with Crippen molar-refractivity contribution in [3.05, 3.63) is 58.5 Å². The second-order valence-corrected chi connectivity index (χ2v) is 4.21. The zero-order valence-electron chi connectivity index (χ0n) is 10.7. The molecular formula is C14H8N6O+2. The smallest absolute Gasteiger partial charge is 0.385 e. The molecule has 2 aromatic carbocycles. The van der Waals surface area contributed by atoms with E-state index in [-0.39, 0.29) is 0 Å². The number of diazo groups is 2. The third-order valence-corrected chi connectivity index (χ3v) is 2.84. The van der Waals surface area contributed by atoms with Crippen molar-refractivity contribution < 1.29 is 4.42 Å². The van der Waals surface area contributed by atoms with Crippen LogP contribution in [0.1, 0.15) is 0 Å². The molecule has 0 atom stereocenters. The van der Waals surface area contributed by atoms with E-state index in [0.717, 1.165) is 0 Å². The molecule has 0 aliphatic heterocycles. The van der Waals surface area contributed by atoms with Gasteiger partial charge >= 0.3 is 11.4 Å². The van der Waals surface area contributed by atoms with E-state index in [2.05, 4.69) is 20.1 Å². The van der Waals surface area contributed by atoms with Crippen LogP contribution in [0.25, 0.3) is 32.9 Å². The van der Waals surface area contributed by atoms with Crippen molar-refractivity contribution in [3.63, 3.8) is 0 Å². The summed E-state index contributed by atoms with van der Waals surface area (Å²) in [6.07, 6.45) is 0. The fourth-order valence-electron chi connectivity index (χ4n) is 1.86. The first kappa shape index (κ1) is 12.5. The zero-order chi connectivity index (χ0) is 14.7. The summed E-state index contributed by atoms with van der Waals surface area (Å²) in [5, 5.41) is 25.5. The quantitative estimate of drug-likeness (QED) is 0.647. The van der Waals surface area contributed by atoms with Crippen molar-refractivity contribution in [1.82, 2.24) is 10.2 Å². The van der Waals surface area contributed by atoms with E-state index in [1.807, 2.05) is 0 Å². The molecule has 0 N–H and O–H groups in total. The molecule has 7 heteroatoms. The molecule has 0 unspecified atom stereocenters. The van der Waals surface area contributed by atoms with Crippen LogP contribution in [-0.2, 0) is 0 Å². The number of benzene rings is 2. The molecule has 0 fully saturated rings. The molecule has 21 heavy (non-hydrogen) atoms. The Morgan fingerprint density at radius 2 is 1.24 bits per heavy atom. The fourth-order valence-corrected chi connectivity index (χ4v) is 1.86. The van der Waals surface area contributed by atoms with Crippen molar-refractivity contribution in [1.29, 1.82) is 10.8 Å². The van der Waals surface area contributed by atoms with E-state index in [1.165, 1.54) is 0 Å². The second-order valence-electron chi connectivity index (χ2n) is 4.21. The number of hydrogen-bond donors (Lipinski definition) is 0. The lowest BCUT2D eigenvalue weighted by Gasteiger charge is -1.92. The normalized spacial score (nSPS) is 9.81. The third-order valence-electron chi connectivity index (χ3n) is 2.84. The lowest BCUT2D eigenvalue weighted by atomic mass is 10.2. The summed E-state index contributed by atoms with van der Waals surface area (Å²) in [6, 6.07) is 13.5. The Balaban J connectivity index is 2.00. The molecule has 3 aromatic rings. The Kier molecular flexibility index (Phi) is 3.08. The fraction of sp³-hybridized carbons (Fsp3) is 0. The van der Waals surface area contributed by atoms with Gasteiger partial charge in [0.1, 0.15) is 0 Å². The van der Waals surface area contributed by atoms with E-state index >= 15 is 0 Å². The van der Waals surface area contributed by atoms with Gasteiger partial charge in [0, 0.05) is 35.4 Å². The molecule has 98 valence electrons. The Morgan fingerprint density at radius 3 is 1.67 bits per heavy atom. The van der Waals surface area contributed by atoms with Crippen LogP contribution in [0.5, 0.6) is 0 Å². The van der Waals surface area contributed by atoms with Crippen LogP contribution >= 0.6 is 0 Å². The van der Waals surface area contributed by atoms with Crippen molar-refractivity contribution in [3.8, 4) is 22.9 Å². The van der Waals surface area contributed by atoms with E-state index in [1.54, 1.807) is 48.5 Å². The molecule has 0 saturated carbocycles. The van der Waals surface area contributed by atoms with Crippen LogP contribution in [0.2, 0.25) is 0 Å². The summed E-state index contributed by atoms with van der Waals surface area (Å²) < 4.78 is 5.59. The van der Waals surface area contributed by atoms with Crippen LogP contribution in [-0.4, -0.2) is 10.2 Å². The highest BCUT2D eigenvalue weighted by atomic mass is 16.4. The average molecular weight is 276 g/mol. The molecule has 0 aliphatic rings. The van der Waals surface area contributed by atoms with Crippen molar-refractivity contribution in [2.45, 2.75) is 0 Å². The SMILES string of the molecule is N#[N+]c1cccc(-c2nnc(-c3cccc([N+]#N)c3)o2)c1. The molecule has 0 bridgehead atoms. The van der Waals surface area contributed by atoms with Gasteiger partial charge in [0.25, 0.3) is 0 Å². The predicted molar refractivity (Wildman–Crippen MR) is 74.7 cm³/mol. The monoisotopic (exact) mass is 276 g/mol. The minimum atomic E-state index is 0.307. The van der Waals surface area contributed by atoms with Gasteiger partial charge in [0.2, 0.25) is 22.6 Å². The highest BCUT2D eigenvalue weighted by Crippen LogP contribution is 2.28. The van der Waals surface area contributed by atoms with Crippen LogP contribution in [0.4, 0.5) is 11.4 Å². The predicted octanol–water partition coefficient (Wildman–Crippen LogP) is 4.37. The highest BCUT2D eigenvalue weighted by Gasteiger charge is 2.15. The molecule has 0 aliphatic carbocycles. The Morgan fingerprint density at radius 1 is 0.762 bits per heavy atom. The van der Waals surface area contributed by atoms with Gasteiger partial charge in [-0.05, 0) is 12.1 Å². The van der Waals surface area contributed by atoms with Gasteiger partial charge in [0.15, 0.2) is 9.95 Å². The van der Waals surface area contributed by atoms with Crippen molar-refractivity contribution in [2.75, 3.05) is 0 Å². The Labute approximate surface area is 119 Å². The number of hydrogen-bond acceptors (Lipinski definition) is 5. The van der Waals surface area contributed by atoms with Crippen molar-refractivity contribution >= 4 is 11.4 Å². The molecule has 0 saturated heterocycles. The van der Waals surface area contributed by atoms with Gasteiger partial charge in [-0.1, -0.05) is 12.1 Å². The maximum atomic E-state index is 8.77. The van der Waals surface area contributed by atoms with E-state index < -0.39 is 0 Å². The Bertz CT molecular complexity index is 815. The second kappa shape index (κ2) is 5.19. The number of rotatable bonds is 2. The molecule has 0 radical (unpaired) electrons. The topological polar surface area (TPSA) is 95.2 Å². The van der Waals surface area contributed by atoms with E-state index in [4.69, 9.17) is 15.2 Å². The zero-order valence-corrected chi connectivity index (χ0v) is 10.7. The number of nitrogens with zero attached hydrogens (tertiary/aromatic N) is 6. The maximum Gasteiger partial charge on any atom is 0.385 e. The molecular weight excluding hydrogens is 268 g/mol. The number of aromatic nitrogens is 2. The average Bonchev–Trinajstić information content (AvgIpc) is 3.05. The van der Waals surface area contributed by atoms with Crippen LogP contribution < -0.4 is 0 Å². The van der Waals surface area contributed by atoms with Gasteiger partial charge in [-0.3, -0.25) is 0 Å². The van der Waals surface area contributed by atoms with Gasteiger partial charge in [0.05, 0.1) is 0 Å². The first-order chi connectivity index (χ1) is 10.3. The van der Waals surface area contributed by atoms with E-state index in [0.29, 0.717) is 34.3 Å². The summed E-state index contributed by atoms with van der Waals surface area (Å²) in [7, 11) is 0. The minimum absolute atomic E-state index is 0.307. The molecule has 0 amide bonds. The Hall–Kier alpha value is -3.58. The molecule has 1 heterocycles. The van der Waals surface area contributed by atoms with Crippen molar-refractivity contribution in [2.24, 2.45) is 0 Å². The summed E-state index contributed by atoms with van der Waals surface area (Å²) in [4.78, 5) is 6.23. The van der Waals surface area contributed by atoms with Crippen LogP contribution in [0.3, 0.4) is 0 Å². The molecule has 1 aromatic heterocycles. The molecule has 7 nitrogen and oxygen atoms in total. The summed E-state index contributed by atoms with van der Waals surface area (Å²) in [5.74, 6) is 0.615. The molecule has 3 rings (SSSR count). The lowest BCUT2D eigenvalue weighted by molar-refractivity contribution is 0.584.